The van der Waals surface area contributed by atoms with Gasteiger partial charge in [-0.15, -0.1) is 24.0 Å². The first-order valence-electron chi connectivity index (χ1n) is 9.31. The van der Waals surface area contributed by atoms with Gasteiger partial charge in [0.1, 0.15) is 0 Å². The molecule has 26 heavy (non-hydrogen) atoms. The van der Waals surface area contributed by atoms with Gasteiger partial charge in [-0.25, -0.2) is 0 Å². The minimum atomic E-state index is 0. The second-order valence-electron chi connectivity index (χ2n) is 7.20. The Kier molecular flexibility index (Phi) is 12.7. The van der Waals surface area contributed by atoms with Crippen LogP contribution in [0, 0.1) is 0 Å². The summed E-state index contributed by atoms with van der Waals surface area (Å²) < 4.78 is 0. The van der Waals surface area contributed by atoms with E-state index < -0.39 is 0 Å². The zero-order chi connectivity index (χ0) is 18.8. The number of anilines is 1. The van der Waals surface area contributed by atoms with Crippen LogP contribution in [-0.2, 0) is 6.54 Å². The van der Waals surface area contributed by atoms with Crippen molar-refractivity contribution in [1.82, 2.24) is 15.5 Å². The summed E-state index contributed by atoms with van der Waals surface area (Å²) in [5, 5.41) is 6.80. The first-order chi connectivity index (χ1) is 11.8. The number of nitrogens with zero attached hydrogens (tertiary/aromatic N) is 3. The standard InChI is InChI=1S/C20H37N5.HI/c1-16(2)25(17(3)4)13-9-12-22-20(21-5)23-15-18-10-8-11-19(14-18)24(6)7;/h8,10-11,14,16-17H,9,12-13,15H2,1-7H3,(H2,21,22,23);1H. The average Bonchev–Trinajstić information content (AvgIpc) is 2.56. The molecule has 1 aromatic rings. The molecule has 0 heterocycles. The molecule has 0 spiro atoms. The highest BCUT2D eigenvalue weighted by molar-refractivity contribution is 14.0. The molecule has 0 saturated heterocycles. The first-order valence-corrected chi connectivity index (χ1v) is 9.31. The van der Waals surface area contributed by atoms with Crippen molar-refractivity contribution in [1.29, 1.82) is 0 Å². The van der Waals surface area contributed by atoms with Gasteiger partial charge in [0.05, 0.1) is 0 Å². The Morgan fingerprint density at radius 2 is 1.73 bits per heavy atom. The fraction of sp³-hybridized carbons (Fsp3) is 0.650. The number of nitrogens with one attached hydrogen (secondary N) is 2. The van der Waals surface area contributed by atoms with E-state index in [0.717, 1.165) is 32.0 Å². The lowest BCUT2D eigenvalue weighted by molar-refractivity contribution is 0.173. The molecule has 0 aliphatic carbocycles. The van der Waals surface area contributed by atoms with Gasteiger partial charge in [-0.05, 0) is 51.8 Å². The number of hydrogen-bond donors (Lipinski definition) is 2. The molecule has 0 unspecified atom stereocenters. The molecule has 0 aliphatic heterocycles. The van der Waals surface area contributed by atoms with Crippen LogP contribution >= 0.6 is 24.0 Å². The lowest BCUT2D eigenvalue weighted by Crippen LogP contribution is -2.41. The fourth-order valence-corrected chi connectivity index (χ4v) is 2.93. The van der Waals surface area contributed by atoms with Gasteiger partial charge >= 0.3 is 0 Å². The van der Waals surface area contributed by atoms with Crippen molar-refractivity contribution in [3.63, 3.8) is 0 Å². The third-order valence-electron chi connectivity index (χ3n) is 4.32. The maximum Gasteiger partial charge on any atom is 0.191 e. The first kappa shape index (κ1) is 25.0. The Morgan fingerprint density at radius 1 is 1.08 bits per heavy atom. The molecule has 1 aromatic carbocycles. The van der Waals surface area contributed by atoms with E-state index in [0.29, 0.717) is 12.1 Å². The zero-order valence-corrected chi connectivity index (χ0v) is 19.9. The second-order valence-corrected chi connectivity index (χ2v) is 7.20. The van der Waals surface area contributed by atoms with Gasteiger partial charge < -0.3 is 15.5 Å². The van der Waals surface area contributed by atoms with Crippen LogP contribution in [0.3, 0.4) is 0 Å². The van der Waals surface area contributed by atoms with Crippen LogP contribution in [0.25, 0.3) is 0 Å². The molecule has 0 amide bonds. The van der Waals surface area contributed by atoms with E-state index >= 15 is 0 Å². The van der Waals surface area contributed by atoms with Crippen LogP contribution in [0.1, 0.15) is 39.7 Å². The van der Waals surface area contributed by atoms with Crippen LogP contribution in [-0.4, -0.2) is 57.2 Å². The summed E-state index contributed by atoms with van der Waals surface area (Å²) in [6.07, 6.45) is 1.10. The molecule has 0 saturated carbocycles. The number of guanidine groups is 1. The van der Waals surface area contributed by atoms with Crippen LogP contribution in [0.4, 0.5) is 5.69 Å². The molecule has 0 radical (unpaired) electrons. The lowest BCUT2D eigenvalue weighted by atomic mass is 10.2. The van der Waals surface area contributed by atoms with E-state index in [2.05, 4.69) is 91.5 Å². The Morgan fingerprint density at radius 3 is 2.27 bits per heavy atom. The number of aliphatic imine (C=N–C) groups is 1. The van der Waals surface area contributed by atoms with Gasteiger partial charge in [-0.3, -0.25) is 9.89 Å². The topological polar surface area (TPSA) is 42.9 Å². The van der Waals surface area contributed by atoms with E-state index in [-0.39, 0.29) is 24.0 Å². The van der Waals surface area contributed by atoms with E-state index in [1.54, 1.807) is 0 Å². The van der Waals surface area contributed by atoms with E-state index in [9.17, 15) is 0 Å². The van der Waals surface area contributed by atoms with Crippen molar-refractivity contribution < 1.29 is 0 Å². The van der Waals surface area contributed by atoms with Gasteiger partial charge in [0.15, 0.2) is 5.96 Å². The summed E-state index contributed by atoms with van der Waals surface area (Å²) in [6, 6.07) is 9.71. The zero-order valence-electron chi connectivity index (χ0n) is 17.5. The Bertz CT molecular complexity index is 521. The van der Waals surface area contributed by atoms with Gasteiger partial charge in [-0.2, -0.15) is 0 Å². The van der Waals surface area contributed by atoms with Gasteiger partial charge in [0, 0.05) is 58.5 Å². The highest BCUT2D eigenvalue weighted by Gasteiger charge is 2.12. The molecule has 0 fully saturated rings. The second kappa shape index (κ2) is 13.2. The molecule has 1 rings (SSSR count). The molecule has 0 atom stereocenters. The summed E-state index contributed by atoms with van der Waals surface area (Å²) in [7, 11) is 5.94. The Labute approximate surface area is 177 Å². The summed E-state index contributed by atoms with van der Waals surface area (Å²) >= 11 is 0. The quantitative estimate of drug-likeness (QED) is 0.248. The van der Waals surface area contributed by atoms with E-state index in [1.807, 2.05) is 7.05 Å². The summed E-state index contributed by atoms with van der Waals surface area (Å²) in [4.78, 5) is 8.95. The van der Waals surface area contributed by atoms with Crippen molar-refractivity contribution in [2.45, 2.75) is 52.7 Å². The molecular formula is C20H38IN5. The normalized spacial score (nSPS) is 11.7. The third-order valence-corrected chi connectivity index (χ3v) is 4.32. The fourth-order valence-electron chi connectivity index (χ4n) is 2.93. The molecule has 5 nitrogen and oxygen atoms in total. The smallest absolute Gasteiger partial charge is 0.191 e. The van der Waals surface area contributed by atoms with E-state index in [1.165, 1.54) is 11.3 Å². The minimum Gasteiger partial charge on any atom is -0.378 e. The lowest BCUT2D eigenvalue weighted by Gasteiger charge is -2.30. The Hall–Kier alpha value is -1.02. The van der Waals surface area contributed by atoms with Crippen LogP contribution in [0.5, 0.6) is 0 Å². The van der Waals surface area contributed by atoms with Crippen LogP contribution in [0.15, 0.2) is 29.3 Å². The van der Waals surface area contributed by atoms with Crippen molar-refractivity contribution in [2.24, 2.45) is 4.99 Å². The molecular weight excluding hydrogens is 437 g/mol. The largest absolute Gasteiger partial charge is 0.378 e. The highest BCUT2D eigenvalue weighted by Crippen LogP contribution is 2.13. The van der Waals surface area contributed by atoms with Gasteiger partial charge in [-0.1, -0.05) is 12.1 Å². The molecule has 0 aliphatic rings. The third kappa shape index (κ3) is 9.07. The van der Waals surface area contributed by atoms with Crippen molar-refractivity contribution in [3.05, 3.63) is 29.8 Å². The maximum absolute atomic E-state index is 4.32. The highest BCUT2D eigenvalue weighted by atomic mass is 127. The number of benzene rings is 1. The van der Waals surface area contributed by atoms with Crippen molar-refractivity contribution >= 4 is 35.6 Å². The predicted molar refractivity (Wildman–Crippen MR) is 126 cm³/mol. The minimum absolute atomic E-state index is 0. The van der Waals surface area contributed by atoms with Gasteiger partial charge in [0.25, 0.3) is 0 Å². The van der Waals surface area contributed by atoms with E-state index in [4.69, 9.17) is 0 Å². The number of hydrogen-bond acceptors (Lipinski definition) is 3. The van der Waals surface area contributed by atoms with Crippen molar-refractivity contribution in [2.75, 3.05) is 39.1 Å². The maximum atomic E-state index is 4.32. The monoisotopic (exact) mass is 475 g/mol. The summed E-state index contributed by atoms with van der Waals surface area (Å²) in [6.45, 7) is 11.8. The molecule has 2 N–H and O–H groups in total. The van der Waals surface area contributed by atoms with Crippen molar-refractivity contribution in [3.8, 4) is 0 Å². The SMILES string of the molecule is CN=C(NCCCN(C(C)C)C(C)C)NCc1cccc(N(C)C)c1.I. The molecule has 0 bridgehead atoms. The molecule has 150 valence electrons. The van der Waals surface area contributed by atoms with Crippen LogP contribution < -0.4 is 15.5 Å². The molecule has 6 heteroatoms. The predicted octanol–water partition coefficient (Wildman–Crippen LogP) is 3.54. The number of rotatable bonds is 9. The average molecular weight is 475 g/mol. The summed E-state index contributed by atoms with van der Waals surface area (Å²) in [5.74, 6) is 0.857. The van der Waals surface area contributed by atoms with Crippen LogP contribution in [0.2, 0.25) is 0 Å². The Balaban J connectivity index is 0.00000625. The molecule has 0 aromatic heterocycles. The summed E-state index contributed by atoms with van der Waals surface area (Å²) in [5.41, 5.74) is 2.46. The van der Waals surface area contributed by atoms with Gasteiger partial charge in [0.2, 0.25) is 0 Å². The number of halogens is 1.